The Morgan fingerprint density at radius 1 is 0.765 bits per heavy atom. The normalized spacial score (nSPS) is 12.9. The Kier molecular flexibility index (Phi) is 14.0. The number of nitrogens with one attached hydrogen (secondary N) is 1. The Bertz CT molecular complexity index is 133. The Hall–Kier alpha value is -0.0400. The SMILES string of the molecule is CCCCCCCCCCC(C)CNCCC. The van der Waals surface area contributed by atoms with Gasteiger partial charge in [-0.2, -0.15) is 0 Å². The Labute approximate surface area is 110 Å². The first-order chi connectivity index (χ1) is 8.31. The molecular weight excluding hydrogens is 206 g/mol. The molecule has 1 nitrogen and oxygen atoms in total. The number of rotatable bonds is 13. The lowest BCUT2D eigenvalue weighted by molar-refractivity contribution is 0.450. The molecule has 1 heteroatoms. The third-order valence-corrected chi connectivity index (χ3v) is 3.47. The van der Waals surface area contributed by atoms with E-state index >= 15 is 0 Å². The van der Waals surface area contributed by atoms with Gasteiger partial charge in [0.25, 0.3) is 0 Å². The molecule has 0 spiro atoms. The van der Waals surface area contributed by atoms with Crippen molar-refractivity contribution in [2.75, 3.05) is 13.1 Å². The molecule has 0 radical (unpaired) electrons. The molecule has 17 heavy (non-hydrogen) atoms. The summed E-state index contributed by atoms with van der Waals surface area (Å²) < 4.78 is 0. The average Bonchev–Trinajstić information content (AvgIpc) is 2.33. The molecule has 1 N–H and O–H groups in total. The second kappa shape index (κ2) is 14.0. The van der Waals surface area contributed by atoms with Crippen molar-refractivity contribution in [3.63, 3.8) is 0 Å². The van der Waals surface area contributed by atoms with Crippen LogP contribution in [0.4, 0.5) is 0 Å². The van der Waals surface area contributed by atoms with Crippen LogP contribution in [0.2, 0.25) is 0 Å². The lowest BCUT2D eigenvalue weighted by Crippen LogP contribution is -2.21. The van der Waals surface area contributed by atoms with Crippen LogP contribution in [-0.2, 0) is 0 Å². The highest BCUT2D eigenvalue weighted by atomic mass is 14.8. The highest BCUT2D eigenvalue weighted by Crippen LogP contribution is 2.12. The largest absolute Gasteiger partial charge is 0.316 e. The molecule has 0 saturated carbocycles. The molecule has 0 fully saturated rings. The van der Waals surface area contributed by atoms with E-state index < -0.39 is 0 Å². The summed E-state index contributed by atoms with van der Waals surface area (Å²) in [7, 11) is 0. The second-order valence-electron chi connectivity index (χ2n) is 5.57. The van der Waals surface area contributed by atoms with Crippen LogP contribution >= 0.6 is 0 Å². The van der Waals surface area contributed by atoms with Gasteiger partial charge in [0, 0.05) is 0 Å². The molecular formula is C16H35N. The van der Waals surface area contributed by atoms with E-state index in [1.54, 1.807) is 0 Å². The Morgan fingerprint density at radius 3 is 1.94 bits per heavy atom. The third-order valence-electron chi connectivity index (χ3n) is 3.47. The van der Waals surface area contributed by atoms with E-state index in [0.717, 1.165) is 5.92 Å². The fourth-order valence-corrected chi connectivity index (χ4v) is 2.25. The van der Waals surface area contributed by atoms with Gasteiger partial charge in [-0.05, 0) is 31.8 Å². The highest BCUT2D eigenvalue weighted by Gasteiger charge is 2.00. The zero-order valence-electron chi connectivity index (χ0n) is 12.6. The second-order valence-corrected chi connectivity index (χ2v) is 5.57. The van der Waals surface area contributed by atoms with Gasteiger partial charge in [0.1, 0.15) is 0 Å². The average molecular weight is 241 g/mol. The van der Waals surface area contributed by atoms with Gasteiger partial charge in [0.05, 0.1) is 0 Å². The molecule has 0 aliphatic rings. The van der Waals surface area contributed by atoms with Crippen LogP contribution in [0.25, 0.3) is 0 Å². The summed E-state index contributed by atoms with van der Waals surface area (Å²) in [5.74, 6) is 0.863. The van der Waals surface area contributed by atoms with Gasteiger partial charge in [-0.1, -0.05) is 72.1 Å². The monoisotopic (exact) mass is 241 g/mol. The van der Waals surface area contributed by atoms with Crippen LogP contribution in [0.3, 0.4) is 0 Å². The van der Waals surface area contributed by atoms with Crippen molar-refractivity contribution < 1.29 is 0 Å². The van der Waals surface area contributed by atoms with Crippen LogP contribution in [-0.4, -0.2) is 13.1 Å². The van der Waals surface area contributed by atoms with Crippen LogP contribution < -0.4 is 5.32 Å². The predicted octanol–water partition coefficient (Wildman–Crippen LogP) is 5.15. The molecule has 0 aromatic rings. The smallest absolute Gasteiger partial charge is 0.00232 e. The van der Waals surface area contributed by atoms with Crippen molar-refractivity contribution in [1.29, 1.82) is 0 Å². The van der Waals surface area contributed by atoms with Crippen LogP contribution in [0.5, 0.6) is 0 Å². The van der Waals surface area contributed by atoms with Crippen LogP contribution in [0.1, 0.15) is 85.0 Å². The van der Waals surface area contributed by atoms with E-state index in [2.05, 4.69) is 26.1 Å². The maximum Gasteiger partial charge on any atom is -0.00232 e. The Morgan fingerprint density at radius 2 is 1.35 bits per heavy atom. The number of hydrogen-bond acceptors (Lipinski definition) is 1. The molecule has 104 valence electrons. The van der Waals surface area contributed by atoms with Crippen molar-refractivity contribution >= 4 is 0 Å². The van der Waals surface area contributed by atoms with Crippen LogP contribution in [0, 0.1) is 5.92 Å². The van der Waals surface area contributed by atoms with Crippen molar-refractivity contribution in [2.24, 2.45) is 5.92 Å². The summed E-state index contributed by atoms with van der Waals surface area (Å²) >= 11 is 0. The molecule has 0 saturated heterocycles. The van der Waals surface area contributed by atoms with Gasteiger partial charge < -0.3 is 5.32 Å². The fourth-order valence-electron chi connectivity index (χ4n) is 2.25. The zero-order valence-corrected chi connectivity index (χ0v) is 12.6. The molecule has 0 aromatic carbocycles. The first-order valence-corrected chi connectivity index (χ1v) is 8.02. The van der Waals surface area contributed by atoms with E-state index in [0.29, 0.717) is 0 Å². The summed E-state index contributed by atoms with van der Waals surface area (Å²) in [4.78, 5) is 0. The lowest BCUT2D eigenvalue weighted by atomic mass is 10.0. The minimum Gasteiger partial charge on any atom is -0.316 e. The molecule has 0 bridgehead atoms. The quantitative estimate of drug-likeness (QED) is 0.440. The molecule has 1 unspecified atom stereocenters. The molecule has 1 atom stereocenters. The van der Waals surface area contributed by atoms with E-state index in [4.69, 9.17) is 0 Å². The molecule has 0 rings (SSSR count). The summed E-state index contributed by atoms with van der Waals surface area (Å²) in [6.07, 6.45) is 14.2. The van der Waals surface area contributed by atoms with Crippen molar-refractivity contribution in [1.82, 2.24) is 5.32 Å². The van der Waals surface area contributed by atoms with Gasteiger partial charge in [-0.25, -0.2) is 0 Å². The number of hydrogen-bond donors (Lipinski definition) is 1. The topological polar surface area (TPSA) is 12.0 Å². The summed E-state index contributed by atoms with van der Waals surface area (Å²) in [6, 6.07) is 0. The van der Waals surface area contributed by atoms with Gasteiger partial charge in [0.15, 0.2) is 0 Å². The van der Waals surface area contributed by atoms with Crippen molar-refractivity contribution in [3.05, 3.63) is 0 Å². The van der Waals surface area contributed by atoms with Gasteiger partial charge in [0.2, 0.25) is 0 Å². The fraction of sp³-hybridized carbons (Fsp3) is 1.00. The molecule has 0 amide bonds. The standard InChI is InChI=1S/C16H35N/c1-4-6-7-8-9-10-11-12-13-16(3)15-17-14-5-2/h16-17H,4-15H2,1-3H3. The van der Waals surface area contributed by atoms with E-state index in [-0.39, 0.29) is 0 Å². The third kappa shape index (κ3) is 13.9. The Balaban J connectivity index is 3.05. The predicted molar refractivity (Wildman–Crippen MR) is 79.6 cm³/mol. The van der Waals surface area contributed by atoms with Gasteiger partial charge in [-0.15, -0.1) is 0 Å². The lowest BCUT2D eigenvalue weighted by Gasteiger charge is -2.11. The molecule has 0 aromatic heterocycles. The van der Waals surface area contributed by atoms with Crippen molar-refractivity contribution in [2.45, 2.75) is 85.0 Å². The maximum absolute atomic E-state index is 3.51. The van der Waals surface area contributed by atoms with E-state index in [9.17, 15) is 0 Å². The minimum absolute atomic E-state index is 0.863. The van der Waals surface area contributed by atoms with Crippen molar-refractivity contribution in [3.8, 4) is 0 Å². The highest BCUT2D eigenvalue weighted by molar-refractivity contribution is 4.57. The summed E-state index contributed by atoms with van der Waals surface area (Å²) in [5, 5.41) is 3.51. The number of unbranched alkanes of at least 4 members (excludes halogenated alkanes) is 7. The molecule has 0 heterocycles. The summed E-state index contributed by atoms with van der Waals surface area (Å²) in [5.41, 5.74) is 0. The van der Waals surface area contributed by atoms with E-state index in [1.165, 1.54) is 77.3 Å². The first-order valence-electron chi connectivity index (χ1n) is 8.02. The zero-order chi connectivity index (χ0) is 12.8. The van der Waals surface area contributed by atoms with Crippen LogP contribution in [0.15, 0.2) is 0 Å². The minimum atomic E-state index is 0.863. The summed E-state index contributed by atoms with van der Waals surface area (Å²) in [6.45, 7) is 9.29. The van der Waals surface area contributed by atoms with Gasteiger partial charge >= 0.3 is 0 Å². The first kappa shape index (κ1) is 17.0. The van der Waals surface area contributed by atoms with Gasteiger partial charge in [-0.3, -0.25) is 0 Å². The van der Waals surface area contributed by atoms with E-state index in [1.807, 2.05) is 0 Å². The molecule has 0 aliphatic heterocycles. The maximum atomic E-state index is 3.51. The molecule has 0 aliphatic carbocycles.